The first-order valence-electron chi connectivity index (χ1n) is 9.38. The van der Waals surface area contributed by atoms with Crippen molar-refractivity contribution in [3.8, 4) is 11.5 Å². The number of thioether (sulfide) groups is 1. The molecule has 4 rings (SSSR count). The van der Waals surface area contributed by atoms with Crippen molar-refractivity contribution >= 4 is 17.4 Å². The van der Waals surface area contributed by atoms with Crippen molar-refractivity contribution in [2.75, 3.05) is 31.3 Å². The van der Waals surface area contributed by atoms with Crippen LogP contribution in [0.5, 0.6) is 0 Å². The van der Waals surface area contributed by atoms with Gasteiger partial charge in [-0.3, -0.25) is 0 Å². The van der Waals surface area contributed by atoms with E-state index in [2.05, 4.69) is 44.7 Å². The first-order chi connectivity index (χ1) is 13.6. The molecule has 0 saturated carbocycles. The van der Waals surface area contributed by atoms with Crippen molar-refractivity contribution in [1.29, 1.82) is 0 Å². The Balaban J connectivity index is 1.31. The van der Waals surface area contributed by atoms with Crippen LogP contribution in [-0.4, -0.2) is 42.7 Å². The van der Waals surface area contributed by atoms with Gasteiger partial charge in [0.25, 0.3) is 5.22 Å². The van der Waals surface area contributed by atoms with Crippen LogP contribution >= 0.6 is 11.8 Å². The van der Waals surface area contributed by atoms with Gasteiger partial charge in [0.15, 0.2) is 0 Å². The normalized spacial score (nSPS) is 19.1. The standard InChI is InChI=1S/C21H24N4O2S/c1-14-5-4-6-16(11-14)20-23-24-21(27-20)28-13-18-12-22-19(26-18)15-7-9-17(10-8-15)25(2)3/h4-11,18-19,22H,12-13H2,1-3H3/p+1/t18-,19+/m1/s1. The summed E-state index contributed by atoms with van der Waals surface area (Å²) in [5.74, 6) is 1.35. The average Bonchev–Trinajstić information content (AvgIpc) is 3.36. The van der Waals surface area contributed by atoms with Gasteiger partial charge in [0, 0.05) is 36.7 Å². The van der Waals surface area contributed by atoms with Gasteiger partial charge in [0.1, 0.15) is 12.6 Å². The fourth-order valence-corrected chi connectivity index (χ4v) is 3.98. The Morgan fingerprint density at radius 3 is 2.71 bits per heavy atom. The summed E-state index contributed by atoms with van der Waals surface area (Å²) in [6, 6.07) is 16.6. The number of aromatic nitrogens is 2. The lowest BCUT2D eigenvalue weighted by Crippen LogP contribution is -2.82. The molecule has 2 N–H and O–H groups in total. The van der Waals surface area contributed by atoms with Gasteiger partial charge in [-0.05, 0) is 43.3 Å². The van der Waals surface area contributed by atoms with Crippen LogP contribution in [0.4, 0.5) is 5.69 Å². The van der Waals surface area contributed by atoms with E-state index in [1.54, 1.807) is 11.8 Å². The summed E-state index contributed by atoms with van der Waals surface area (Å²) in [6.45, 7) is 2.97. The third-order valence-electron chi connectivity index (χ3n) is 4.75. The molecule has 28 heavy (non-hydrogen) atoms. The van der Waals surface area contributed by atoms with Crippen molar-refractivity contribution in [2.24, 2.45) is 0 Å². The Bertz CT molecular complexity index is 926. The highest BCUT2D eigenvalue weighted by Gasteiger charge is 2.30. The SMILES string of the molecule is Cc1cccc(-c2nnc(SC[C@H]3C[NH2+][C@H](c4ccc(N(C)C)cc4)O3)o2)c1. The largest absolute Gasteiger partial charge is 0.411 e. The van der Waals surface area contributed by atoms with E-state index in [0.29, 0.717) is 11.1 Å². The maximum Gasteiger partial charge on any atom is 0.276 e. The monoisotopic (exact) mass is 397 g/mol. The first kappa shape index (κ1) is 19.0. The molecule has 0 radical (unpaired) electrons. The quantitative estimate of drug-likeness (QED) is 0.645. The predicted octanol–water partition coefficient (Wildman–Crippen LogP) is 2.86. The summed E-state index contributed by atoms with van der Waals surface area (Å²) in [6.07, 6.45) is 0.199. The van der Waals surface area contributed by atoms with Crippen LogP contribution in [0.15, 0.2) is 58.2 Å². The van der Waals surface area contributed by atoms with Crippen molar-refractivity contribution in [3.63, 3.8) is 0 Å². The number of hydrogen-bond acceptors (Lipinski definition) is 6. The number of benzene rings is 2. The van der Waals surface area contributed by atoms with Gasteiger partial charge in [-0.25, -0.2) is 0 Å². The third-order valence-corrected chi connectivity index (χ3v) is 5.70. The van der Waals surface area contributed by atoms with Crippen LogP contribution in [0.1, 0.15) is 17.4 Å². The highest BCUT2D eigenvalue weighted by atomic mass is 32.2. The van der Waals surface area contributed by atoms with Gasteiger partial charge in [-0.2, -0.15) is 0 Å². The number of anilines is 1. The molecule has 0 bridgehead atoms. The molecular weight excluding hydrogens is 372 g/mol. The lowest BCUT2D eigenvalue weighted by molar-refractivity contribution is -0.697. The minimum atomic E-state index is 0.0485. The molecule has 0 spiro atoms. The fraction of sp³-hybridized carbons (Fsp3) is 0.333. The van der Waals surface area contributed by atoms with Gasteiger partial charge in [0.05, 0.1) is 0 Å². The molecule has 3 aromatic rings. The molecular formula is C21H25N4O2S+. The van der Waals surface area contributed by atoms with Gasteiger partial charge >= 0.3 is 0 Å². The Morgan fingerprint density at radius 2 is 1.96 bits per heavy atom. The van der Waals surface area contributed by atoms with Crippen LogP contribution in [0.2, 0.25) is 0 Å². The maximum atomic E-state index is 6.20. The summed E-state index contributed by atoms with van der Waals surface area (Å²) in [5, 5.41) is 11.2. The van der Waals surface area contributed by atoms with Crippen molar-refractivity contribution in [3.05, 3.63) is 59.7 Å². The van der Waals surface area contributed by atoms with Crippen LogP contribution in [0.3, 0.4) is 0 Å². The molecule has 0 unspecified atom stereocenters. The summed E-state index contributed by atoms with van der Waals surface area (Å²) in [4.78, 5) is 2.10. The molecule has 7 heteroatoms. The zero-order valence-electron chi connectivity index (χ0n) is 16.3. The Kier molecular flexibility index (Phi) is 5.66. The molecule has 1 fully saturated rings. The van der Waals surface area contributed by atoms with E-state index in [-0.39, 0.29) is 12.3 Å². The molecule has 2 heterocycles. The predicted molar refractivity (Wildman–Crippen MR) is 110 cm³/mol. The summed E-state index contributed by atoms with van der Waals surface area (Å²) < 4.78 is 12.0. The number of ether oxygens (including phenoxy) is 1. The first-order valence-corrected chi connectivity index (χ1v) is 10.4. The molecule has 0 aliphatic carbocycles. The fourth-order valence-electron chi connectivity index (χ4n) is 3.21. The zero-order chi connectivity index (χ0) is 19.5. The minimum absolute atomic E-state index is 0.0485. The lowest BCUT2D eigenvalue weighted by atomic mass is 10.1. The number of nitrogens with zero attached hydrogens (tertiary/aromatic N) is 3. The van der Waals surface area contributed by atoms with Gasteiger partial charge in [-0.15, -0.1) is 10.2 Å². The average molecular weight is 398 g/mol. The number of hydrogen-bond donors (Lipinski definition) is 1. The zero-order valence-corrected chi connectivity index (χ0v) is 17.1. The highest BCUT2D eigenvalue weighted by Crippen LogP contribution is 2.26. The maximum absolute atomic E-state index is 6.20. The number of rotatable bonds is 6. The Morgan fingerprint density at radius 1 is 1.14 bits per heavy atom. The molecule has 146 valence electrons. The number of quaternary nitrogens is 1. The smallest absolute Gasteiger partial charge is 0.276 e. The van der Waals surface area contributed by atoms with E-state index in [4.69, 9.17) is 9.15 Å². The van der Waals surface area contributed by atoms with E-state index in [1.807, 2.05) is 45.3 Å². The molecule has 6 nitrogen and oxygen atoms in total. The van der Waals surface area contributed by atoms with E-state index in [1.165, 1.54) is 16.8 Å². The molecule has 1 aliphatic rings. The summed E-state index contributed by atoms with van der Waals surface area (Å²) in [5.41, 5.74) is 4.50. The topological polar surface area (TPSA) is 68.0 Å². The van der Waals surface area contributed by atoms with Crippen LogP contribution < -0.4 is 10.2 Å². The lowest BCUT2D eigenvalue weighted by Gasteiger charge is -2.14. The number of aryl methyl sites for hydroxylation is 1. The summed E-state index contributed by atoms with van der Waals surface area (Å²) in [7, 11) is 4.09. The molecule has 1 aromatic heterocycles. The molecule has 1 saturated heterocycles. The molecule has 2 atom stereocenters. The van der Waals surface area contributed by atoms with Gasteiger partial charge in [0.2, 0.25) is 12.1 Å². The van der Waals surface area contributed by atoms with Crippen molar-refractivity contribution in [2.45, 2.75) is 24.5 Å². The second-order valence-corrected chi connectivity index (χ2v) is 8.16. The van der Waals surface area contributed by atoms with E-state index in [9.17, 15) is 0 Å². The molecule has 0 amide bonds. The van der Waals surface area contributed by atoms with E-state index in [0.717, 1.165) is 17.9 Å². The molecule has 1 aliphatic heterocycles. The molecule has 2 aromatic carbocycles. The number of nitrogens with two attached hydrogens (primary N) is 1. The Hall–Kier alpha value is -2.35. The second-order valence-electron chi connectivity index (χ2n) is 7.19. The second kappa shape index (κ2) is 8.34. The third kappa shape index (κ3) is 4.38. The van der Waals surface area contributed by atoms with Crippen molar-refractivity contribution in [1.82, 2.24) is 10.2 Å². The van der Waals surface area contributed by atoms with E-state index < -0.39 is 0 Å². The van der Waals surface area contributed by atoms with Crippen molar-refractivity contribution < 1.29 is 14.5 Å². The van der Waals surface area contributed by atoms with Gasteiger partial charge < -0.3 is 19.4 Å². The van der Waals surface area contributed by atoms with Crippen LogP contribution in [-0.2, 0) is 4.74 Å². The summed E-state index contributed by atoms with van der Waals surface area (Å²) >= 11 is 1.55. The minimum Gasteiger partial charge on any atom is -0.411 e. The Labute approximate surface area is 169 Å². The van der Waals surface area contributed by atoms with Gasteiger partial charge in [-0.1, -0.05) is 29.5 Å². The van der Waals surface area contributed by atoms with E-state index >= 15 is 0 Å². The van der Waals surface area contributed by atoms with Crippen LogP contribution in [0.25, 0.3) is 11.5 Å². The highest BCUT2D eigenvalue weighted by molar-refractivity contribution is 7.99. The van der Waals surface area contributed by atoms with Crippen LogP contribution in [0, 0.1) is 6.92 Å².